The van der Waals surface area contributed by atoms with E-state index in [1.807, 2.05) is 37.3 Å². The Morgan fingerprint density at radius 2 is 1.91 bits per heavy atom. The van der Waals surface area contributed by atoms with E-state index in [1.165, 1.54) is 0 Å². The van der Waals surface area contributed by atoms with E-state index in [9.17, 15) is 9.59 Å². The molecule has 0 radical (unpaired) electrons. The van der Waals surface area contributed by atoms with Crippen LogP contribution in [0.1, 0.15) is 25.3 Å². The van der Waals surface area contributed by atoms with Crippen molar-refractivity contribution in [2.24, 2.45) is 0 Å². The summed E-state index contributed by atoms with van der Waals surface area (Å²) >= 11 is 0. The van der Waals surface area contributed by atoms with E-state index in [1.54, 1.807) is 4.90 Å². The molecule has 22 heavy (non-hydrogen) atoms. The van der Waals surface area contributed by atoms with Crippen LogP contribution < -0.4 is 5.32 Å². The number of amides is 2. The number of benzene rings is 1. The molecule has 5 heteroatoms. The number of nitrogens with zero attached hydrogens (tertiary/aromatic N) is 1. The van der Waals surface area contributed by atoms with Gasteiger partial charge in [-0.25, -0.2) is 0 Å². The van der Waals surface area contributed by atoms with Crippen LogP contribution in [0.5, 0.6) is 0 Å². The fourth-order valence-electron chi connectivity index (χ4n) is 2.55. The van der Waals surface area contributed by atoms with Gasteiger partial charge in [0.1, 0.15) is 6.04 Å². The highest BCUT2D eigenvalue weighted by molar-refractivity contribution is 5.88. The van der Waals surface area contributed by atoms with Crippen molar-refractivity contribution in [2.75, 3.05) is 26.3 Å². The zero-order valence-electron chi connectivity index (χ0n) is 13.1. The fraction of sp³-hybridized carbons (Fsp3) is 0.529. The van der Waals surface area contributed by atoms with Gasteiger partial charge in [-0.1, -0.05) is 37.3 Å². The van der Waals surface area contributed by atoms with Gasteiger partial charge < -0.3 is 15.0 Å². The number of hydrogen-bond donors (Lipinski definition) is 1. The minimum atomic E-state index is -0.500. The second kappa shape index (κ2) is 8.54. The van der Waals surface area contributed by atoms with Crippen LogP contribution in [0.2, 0.25) is 0 Å². The molecule has 1 aliphatic heterocycles. The van der Waals surface area contributed by atoms with Gasteiger partial charge in [-0.2, -0.15) is 0 Å². The third-order valence-electron chi connectivity index (χ3n) is 3.72. The molecule has 0 unspecified atom stereocenters. The van der Waals surface area contributed by atoms with Gasteiger partial charge in [0.05, 0.1) is 13.2 Å². The first-order valence-electron chi connectivity index (χ1n) is 7.90. The van der Waals surface area contributed by atoms with E-state index in [0.717, 1.165) is 12.0 Å². The average Bonchev–Trinajstić information content (AvgIpc) is 2.55. The summed E-state index contributed by atoms with van der Waals surface area (Å²) in [6.45, 7) is 4.26. The summed E-state index contributed by atoms with van der Waals surface area (Å²) in [6, 6.07) is 9.29. The Balaban J connectivity index is 2.05. The first kappa shape index (κ1) is 16.5. The van der Waals surface area contributed by atoms with Crippen molar-refractivity contribution in [1.29, 1.82) is 0 Å². The van der Waals surface area contributed by atoms with Crippen LogP contribution in [0.25, 0.3) is 0 Å². The Hall–Kier alpha value is -1.88. The van der Waals surface area contributed by atoms with Crippen LogP contribution in [-0.2, 0) is 20.7 Å². The summed E-state index contributed by atoms with van der Waals surface area (Å²) in [5.74, 6) is -0.0818. The maximum absolute atomic E-state index is 12.7. The molecule has 1 aromatic carbocycles. The zero-order chi connectivity index (χ0) is 15.8. The number of rotatable bonds is 6. The lowest BCUT2D eigenvalue weighted by atomic mass is 10.0. The molecule has 1 atom stereocenters. The molecule has 1 saturated heterocycles. The molecule has 0 aliphatic carbocycles. The molecule has 2 rings (SSSR count). The molecule has 1 aliphatic rings. The van der Waals surface area contributed by atoms with E-state index < -0.39 is 6.04 Å². The van der Waals surface area contributed by atoms with Crippen molar-refractivity contribution in [3.05, 3.63) is 35.9 Å². The smallest absolute Gasteiger partial charge is 0.245 e. The van der Waals surface area contributed by atoms with Crippen LogP contribution in [0.3, 0.4) is 0 Å². The van der Waals surface area contributed by atoms with E-state index in [2.05, 4.69) is 5.32 Å². The molecule has 1 fully saturated rings. The quantitative estimate of drug-likeness (QED) is 0.863. The fourth-order valence-corrected chi connectivity index (χ4v) is 2.55. The van der Waals surface area contributed by atoms with Crippen LogP contribution in [-0.4, -0.2) is 49.1 Å². The van der Waals surface area contributed by atoms with Crippen molar-refractivity contribution < 1.29 is 14.3 Å². The highest BCUT2D eigenvalue weighted by Crippen LogP contribution is 2.08. The van der Waals surface area contributed by atoms with Crippen LogP contribution in [0.4, 0.5) is 0 Å². The largest absolute Gasteiger partial charge is 0.378 e. The highest BCUT2D eigenvalue weighted by atomic mass is 16.5. The molecule has 120 valence electrons. The lowest BCUT2D eigenvalue weighted by molar-refractivity contribution is -0.139. The third kappa shape index (κ3) is 4.84. The van der Waals surface area contributed by atoms with Crippen molar-refractivity contribution in [2.45, 2.75) is 32.2 Å². The standard InChI is InChI=1S/C17H24N2O3/c1-2-6-16(20)18-15(13-14-7-4-3-5-8-14)17(21)19-9-11-22-12-10-19/h3-5,7-8,15H,2,6,9-13H2,1H3,(H,18,20)/t15-/m0/s1. The zero-order valence-corrected chi connectivity index (χ0v) is 13.1. The normalized spacial score (nSPS) is 16.1. The molecule has 1 heterocycles. The SMILES string of the molecule is CCCC(=O)N[C@@H](Cc1ccccc1)C(=O)N1CCOCC1. The number of morpholine rings is 1. The van der Waals surface area contributed by atoms with Gasteiger partial charge in [-0.3, -0.25) is 9.59 Å². The number of carbonyl (C=O) groups excluding carboxylic acids is 2. The van der Waals surface area contributed by atoms with Crippen LogP contribution in [0, 0.1) is 0 Å². The molecule has 0 saturated carbocycles. The third-order valence-corrected chi connectivity index (χ3v) is 3.72. The van der Waals surface area contributed by atoms with Crippen LogP contribution in [0.15, 0.2) is 30.3 Å². The van der Waals surface area contributed by atoms with Gasteiger partial charge in [0.2, 0.25) is 11.8 Å². The van der Waals surface area contributed by atoms with Gasteiger partial charge in [-0.15, -0.1) is 0 Å². The Labute approximate surface area is 131 Å². The topological polar surface area (TPSA) is 58.6 Å². The monoisotopic (exact) mass is 304 g/mol. The molecular weight excluding hydrogens is 280 g/mol. The van der Waals surface area contributed by atoms with Gasteiger partial charge in [0.25, 0.3) is 0 Å². The molecule has 1 N–H and O–H groups in total. The maximum Gasteiger partial charge on any atom is 0.245 e. The van der Waals surface area contributed by atoms with Crippen molar-refractivity contribution in [3.63, 3.8) is 0 Å². The van der Waals surface area contributed by atoms with Gasteiger partial charge >= 0.3 is 0 Å². The van der Waals surface area contributed by atoms with Crippen molar-refractivity contribution >= 4 is 11.8 Å². The Bertz CT molecular complexity index is 484. The number of carbonyl (C=O) groups is 2. The number of nitrogens with one attached hydrogen (secondary N) is 1. The number of ether oxygens (including phenoxy) is 1. The Kier molecular flexibility index (Phi) is 6.40. The molecule has 1 aromatic rings. The van der Waals surface area contributed by atoms with Crippen molar-refractivity contribution in [1.82, 2.24) is 10.2 Å². The summed E-state index contributed by atoms with van der Waals surface area (Å²) in [7, 11) is 0. The van der Waals surface area contributed by atoms with Gasteiger partial charge in [0, 0.05) is 25.9 Å². The van der Waals surface area contributed by atoms with Gasteiger partial charge in [0.15, 0.2) is 0 Å². The highest BCUT2D eigenvalue weighted by Gasteiger charge is 2.27. The van der Waals surface area contributed by atoms with E-state index in [4.69, 9.17) is 4.74 Å². The Morgan fingerprint density at radius 3 is 2.55 bits per heavy atom. The second-order valence-electron chi connectivity index (χ2n) is 5.50. The summed E-state index contributed by atoms with van der Waals surface area (Å²) in [5.41, 5.74) is 1.05. The minimum Gasteiger partial charge on any atom is -0.378 e. The average molecular weight is 304 g/mol. The summed E-state index contributed by atoms with van der Waals surface area (Å²) < 4.78 is 5.29. The predicted molar refractivity (Wildman–Crippen MR) is 84.4 cm³/mol. The molecule has 5 nitrogen and oxygen atoms in total. The molecule has 0 bridgehead atoms. The molecule has 0 aromatic heterocycles. The predicted octanol–water partition coefficient (Wildman–Crippen LogP) is 1.37. The summed E-state index contributed by atoms with van der Waals surface area (Å²) in [6.07, 6.45) is 1.74. The van der Waals surface area contributed by atoms with E-state index in [0.29, 0.717) is 39.1 Å². The Morgan fingerprint density at radius 1 is 1.23 bits per heavy atom. The van der Waals surface area contributed by atoms with E-state index >= 15 is 0 Å². The molecular formula is C17H24N2O3. The lowest BCUT2D eigenvalue weighted by Gasteiger charge is -2.30. The van der Waals surface area contributed by atoms with Crippen molar-refractivity contribution in [3.8, 4) is 0 Å². The maximum atomic E-state index is 12.7. The van der Waals surface area contributed by atoms with E-state index in [-0.39, 0.29) is 11.8 Å². The first-order valence-corrected chi connectivity index (χ1v) is 7.90. The second-order valence-corrected chi connectivity index (χ2v) is 5.50. The number of hydrogen-bond acceptors (Lipinski definition) is 3. The minimum absolute atomic E-state index is 0.0170. The molecule has 0 spiro atoms. The lowest BCUT2D eigenvalue weighted by Crippen LogP contribution is -2.52. The molecule has 2 amide bonds. The van der Waals surface area contributed by atoms with Gasteiger partial charge in [-0.05, 0) is 12.0 Å². The van der Waals surface area contributed by atoms with Crippen LogP contribution >= 0.6 is 0 Å². The summed E-state index contributed by atoms with van der Waals surface area (Å²) in [4.78, 5) is 26.4. The summed E-state index contributed by atoms with van der Waals surface area (Å²) in [5, 5.41) is 2.89. The first-order chi connectivity index (χ1) is 10.7.